The van der Waals surface area contributed by atoms with Crippen LogP contribution in [0.25, 0.3) is 0 Å². The van der Waals surface area contributed by atoms with E-state index in [-0.39, 0.29) is 16.6 Å². The van der Waals surface area contributed by atoms with Gasteiger partial charge in [-0.3, -0.25) is 0 Å². The largest absolute Gasteiger partial charge is 0.311 e. The fourth-order valence-electron chi connectivity index (χ4n) is 3.85. The molecule has 0 aliphatic carbocycles. The second-order valence-electron chi connectivity index (χ2n) is 6.58. The summed E-state index contributed by atoms with van der Waals surface area (Å²) in [5, 5.41) is 17.1. The van der Waals surface area contributed by atoms with E-state index in [0.717, 1.165) is 19.4 Å². The van der Waals surface area contributed by atoms with Gasteiger partial charge in [-0.2, -0.15) is 0 Å². The topological polar surface area (TPSA) is 35.2 Å². The first-order valence-electron chi connectivity index (χ1n) is 6.00. The first-order valence-corrected chi connectivity index (χ1v) is 6.00. The summed E-state index contributed by atoms with van der Waals surface area (Å²) in [5.74, 6) is 0. The molecular formula is C12H23N2O. The molecule has 2 aliphatic rings. The molecule has 1 radical (unpaired) electrons. The van der Waals surface area contributed by atoms with E-state index in [0.29, 0.717) is 0 Å². The smallest absolute Gasteiger partial charge is 0.0461 e. The number of hydroxylamine groups is 2. The van der Waals surface area contributed by atoms with Gasteiger partial charge in [-0.25, -0.2) is 0 Å². The Balaban J connectivity index is 2.27. The molecule has 0 saturated carbocycles. The van der Waals surface area contributed by atoms with Crippen LogP contribution in [-0.4, -0.2) is 28.2 Å². The third-order valence-corrected chi connectivity index (χ3v) is 3.97. The minimum Gasteiger partial charge on any atom is -0.311 e. The van der Waals surface area contributed by atoms with Crippen molar-refractivity contribution in [3.8, 4) is 0 Å². The average Bonchev–Trinajstić information content (AvgIpc) is 2.47. The highest BCUT2D eigenvalue weighted by Gasteiger charge is 2.53. The van der Waals surface area contributed by atoms with E-state index in [1.165, 1.54) is 17.9 Å². The number of rotatable bonds is 0. The number of hydrogen-bond acceptors (Lipinski definition) is 2. The molecule has 0 aromatic rings. The van der Waals surface area contributed by atoms with Gasteiger partial charge in [0.25, 0.3) is 0 Å². The Kier molecular flexibility index (Phi) is 2.42. The van der Waals surface area contributed by atoms with Crippen LogP contribution in [0.1, 0.15) is 53.4 Å². The Hall–Kier alpha value is -0.120. The Morgan fingerprint density at radius 3 is 2.00 bits per heavy atom. The maximum atomic E-state index is 12.2. The molecule has 15 heavy (non-hydrogen) atoms. The highest BCUT2D eigenvalue weighted by molar-refractivity contribution is 5.09. The average molecular weight is 211 g/mol. The van der Waals surface area contributed by atoms with Crippen LogP contribution in [0, 0.1) is 0 Å². The highest BCUT2D eigenvalue weighted by atomic mass is 16.5. The zero-order valence-electron chi connectivity index (χ0n) is 10.4. The lowest BCUT2D eigenvalue weighted by molar-refractivity contribution is -0.297. The number of piperidine rings is 1. The normalized spacial score (nSPS) is 33.4. The molecule has 0 unspecified atom stereocenters. The van der Waals surface area contributed by atoms with E-state index in [2.05, 4.69) is 33.0 Å². The van der Waals surface area contributed by atoms with Crippen LogP contribution in [0.4, 0.5) is 0 Å². The molecule has 2 fully saturated rings. The summed E-state index contributed by atoms with van der Waals surface area (Å²) in [4.78, 5) is 0. The minimum atomic E-state index is -0.237. The predicted octanol–water partition coefficient (Wildman–Crippen LogP) is 2.11. The Morgan fingerprint density at radius 2 is 1.60 bits per heavy atom. The number of nitrogens with zero attached hydrogens (tertiary/aromatic N) is 1. The van der Waals surface area contributed by atoms with Gasteiger partial charge >= 0.3 is 0 Å². The molecule has 87 valence electrons. The maximum Gasteiger partial charge on any atom is 0.0461 e. The van der Waals surface area contributed by atoms with Crippen LogP contribution >= 0.6 is 0 Å². The van der Waals surface area contributed by atoms with E-state index >= 15 is 0 Å². The van der Waals surface area contributed by atoms with Crippen molar-refractivity contribution in [2.24, 2.45) is 0 Å². The van der Waals surface area contributed by atoms with Gasteiger partial charge in [-0.15, -0.1) is 10.3 Å². The SMILES string of the molecule is CC1(C)CC2(CCCN2)CC(C)(C)N1[O]. The van der Waals surface area contributed by atoms with Gasteiger partial charge in [0.15, 0.2) is 0 Å². The van der Waals surface area contributed by atoms with Crippen molar-refractivity contribution in [3.63, 3.8) is 0 Å². The maximum absolute atomic E-state index is 12.2. The summed E-state index contributed by atoms with van der Waals surface area (Å²) in [6.45, 7) is 9.40. The van der Waals surface area contributed by atoms with Gasteiger partial charge in [0, 0.05) is 16.6 Å². The van der Waals surface area contributed by atoms with Crippen LogP contribution < -0.4 is 5.32 Å². The molecule has 0 aromatic heterocycles. The van der Waals surface area contributed by atoms with E-state index in [1.54, 1.807) is 0 Å². The summed E-state index contributed by atoms with van der Waals surface area (Å²) in [6.07, 6.45) is 4.44. The van der Waals surface area contributed by atoms with Gasteiger partial charge in [0.05, 0.1) is 0 Å². The van der Waals surface area contributed by atoms with Crippen LogP contribution in [0.15, 0.2) is 0 Å². The monoisotopic (exact) mass is 211 g/mol. The minimum absolute atomic E-state index is 0.230. The zero-order chi connectivity index (χ0) is 11.3. The van der Waals surface area contributed by atoms with Crippen molar-refractivity contribution in [1.82, 2.24) is 10.4 Å². The Labute approximate surface area is 92.8 Å². The fraction of sp³-hybridized carbons (Fsp3) is 1.00. The van der Waals surface area contributed by atoms with Crippen molar-refractivity contribution >= 4 is 0 Å². The molecule has 2 heterocycles. The van der Waals surface area contributed by atoms with Crippen molar-refractivity contribution in [3.05, 3.63) is 0 Å². The molecule has 0 amide bonds. The van der Waals surface area contributed by atoms with Gasteiger partial charge < -0.3 is 5.32 Å². The van der Waals surface area contributed by atoms with E-state index in [1.807, 2.05) is 0 Å². The van der Waals surface area contributed by atoms with Crippen molar-refractivity contribution in [2.75, 3.05) is 6.54 Å². The standard InChI is InChI=1S/C12H23N2O/c1-10(2)8-12(6-5-7-13-12)9-11(3,4)14(10)15/h13H,5-9H2,1-4H3. The summed E-state index contributed by atoms with van der Waals surface area (Å²) in [6, 6.07) is 0. The summed E-state index contributed by atoms with van der Waals surface area (Å²) in [5.41, 5.74) is -0.244. The molecule has 0 aromatic carbocycles. The molecule has 2 rings (SSSR count). The molecule has 2 saturated heterocycles. The number of nitrogens with one attached hydrogen (secondary N) is 1. The fourth-order valence-corrected chi connectivity index (χ4v) is 3.85. The highest BCUT2D eigenvalue weighted by Crippen LogP contribution is 2.45. The summed E-state index contributed by atoms with van der Waals surface area (Å²) >= 11 is 0. The van der Waals surface area contributed by atoms with Gasteiger partial charge in [0.2, 0.25) is 0 Å². The summed E-state index contributed by atoms with van der Waals surface area (Å²) < 4.78 is 0. The molecule has 2 aliphatic heterocycles. The molecule has 3 nitrogen and oxygen atoms in total. The summed E-state index contributed by atoms with van der Waals surface area (Å²) in [7, 11) is 0. The van der Waals surface area contributed by atoms with Gasteiger partial charge in [-0.05, 0) is 59.9 Å². The van der Waals surface area contributed by atoms with Crippen molar-refractivity contribution in [2.45, 2.75) is 70.0 Å². The van der Waals surface area contributed by atoms with E-state index < -0.39 is 0 Å². The first kappa shape index (κ1) is 11.4. The van der Waals surface area contributed by atoms with Gasteiger partial charge in [0.1, 0.15) is 0 Å². The lowest BCUT2D eigenvalue weighted by Crippen LogP contribution is -2.65. The van der Waals surface area contributed by atoms with Crippen LogP contribution in [0.3, 0.4) is 0 Å². The lowest BCUT2D eigenvalue weighted by Gasteiger charge is -2.54. The first-order chi connectivity index (χ1) is 6.78. The quantitative estimate of drug-likeness (QED) is 0.666. The van der Waals surface area contributed by atoms with E-state index in [9.17, 15) is 5.21 Å². The van der Waals surface area contributed by atoms with Crippen LogP contribution in [-0.2, 0) is 5.21 Å². The predicted molar refractivity (Wildman–Crippen MR) is 59.9 cm³/mol. The second-order valence-corrected chi connectivity index (χ2v) is 6.58. The molecular weight excluding hydrogens is 188 g/mol. The van der Waals surface area contributed by atoms with Crippen molar-refractivity contribution < 1.29 is 5.21 Å². The van der Waals surface area contributed by atoms with E-state index in [4.69, 9.17) is 0 Å². The molecule has 0 atom stereocenters. The Morgan fingerprint density at radius 1 is 1.07 bits per heavy atom. The molecule has 1 N–H and O–H groups in total. The van der Waals surface area contributed by atoms with Crippen LogP contribution in [0.5, 0.6) is 0 Å². The number of hydrogen-bond donors (Lipinski definition) is 1. The third-order valence-electron chi connectivity index (χ3n) is 3.97. The van der Waals surface area contributed by atoms with Crippen LogP contribution in [0.2, 0.25) is 0 Å². The molecule has 1 spiro atoms. The Bertz CT molecular complexity index is 234. The zero-order valence-corrected chi connectivity index (χ0v) is 10.4. The molecule has 3 heteroatoms. The molecule has 0 bridgehead atoms. The second kappa shape index (κ2) is 3.19. The van der Waals surface area contributed by atoms with Crippen molar-refractivity contribution in [1.29, 1.82) is 0 Å². The third kappa shape index (κ3) is 1.81. The van der Waals surface area contributed by atoms with Gasteiger partial charge in [-0.1, -0.05) is 0 Å². The lowest BCUT2D eigenvalue weighted by atomic mass is 9.70.